The number of piperidine rings is 1. The van der Waals surface area contributed by atoms with E-state index < -0.39 is 0 Å². The highest BCUT2D eigenvalue weighted by Crippen LogP contribution is 2.32. The maximum Gasteiger partial charge on any atom is 0.253 e. The molecule has 37 heavy (non-hydrogen) atoms. The first-order valence-corrected chi connectivity index (χ1v) is 13.6. The van der Waals surface area contributed by atoms with Crippen LogP contribution >= 0.6 is 23.1 Å². The van der Waals surface area contributed by atoms with E-state index in [9.17, 15) is 9.59 Å². The van der Waals surface area contributed by atoms with Crippen molar-refractivity contribution in [2.24, 2.45) is 0 Å². The number of thioether (sulfide) groups is 1. The fourth-order valence-corrected chi connectivity index (χ4v) is 5.58. The average Bonchev–Trinajstić information content (AvgIpc) is 3.52. The third-order valence-electron chi connectivity index (χ3n) is 5.74. The number of oxazole rings is 1. The summed E-state index contributed by atoms with van der Waals surface area (Å²) in [6, 6.07) is 7.07. The van der Waals surface area contributed by atoms with E-state index in [0.29, 0.717) is 29.4 Å². The Morgan fingerprint density at radius 3 is 2.68 bits per heavy atom. The van der Waals surface area contributed by atoms with Crippen molar-refractivity contribution in [3.05, 3.63) is 66.5 Å². The molecule has 0 spiro atoms. The van der Waals surface area contributed by atoms with Crippen LogP contribution in [0.15, 0.2) is 57.9 Å². The highest BCUT2D eigenvalue weighted by atomic mass is 32.2. The maximum absolute atomic E-state index is 13.0. The molecule has 4 rings (SSSR count). The van der Waals surface area contributed by atoms with Crippen molar-refractivity contribution in [3.63, 3.8) is 0 Å². The van der Waals surface area contributed by atoms with Crippen LogP contribution in [0.1, 0.15) is 63.0 Å². The number of anilines is 2. The topological polar surface area (TPSA) is 100 Å². The molecule has 3 aromatic rings. The molecule has 3 heterocycles. The lowest BCUT2D eigenvalue weighted by atomic mass is 9.94. The van der Waals surface area contributed by atoms with Gasteiger partial charge in [-0.25, -0.2) is 9.97 Å². The van der Waals surface area contributed by atoms with E-state index >= 15 is 0 Å². The average molecular weight is 542 g/mol. The number of hydrogen-bond acceptors (Lipinski definition) is 8. The Balaban J connectivity index is 0.00000380. The molecule has 0 radical (unpaired) electrons. The number of amides is 2. The predicted molar refractivity (Wildman–Crippen MR) is 151 cm³/mol. The summed E-state index contributed by atoms with van der Waals surface area (Å²) in [4.78, 5) is 35.3. The zero-order valence-corrected chi connectivity index (χ0v) is 22.4. The van der Waals surface area contributed by atoms with Gasteiger partial charge in [-0.15, -0.1) is 11.8 Å². The van der Waals surface area contributed by atoms with Gasteiger partial charge in [-0.2, -0.15) is 0 Å². The first-order valence-electron chi connectivity index (χ1n) is 11.8. The van der Waals surface area contributed by atoms with E-state index in [1.807, 2.05) is 11.1 Å². The van der Waals surface area contributed by atoms with E-state index in [-0.39, 0.29) is 30.7 Å². The highest BCUT2D eigenvalue weighted by Gasteiger charge is 2.25. The van der Waals surface area contributed by atoms with E-state index in [4.69, 9.17) is 4.42 Å². The summed E-state index contributed by atoms with van der Waals surface area (Å²) in [6.45, 7) is 11.1. The van der Waals surface area contributed by atoms with Crippen molar-refractivity contribution in [1.82, 2.24) is 14.9 Å². The smallest absolute Gasteiger partial charge is 0.253 e. The number of nitrogens with zero attached hydrogens (tertiary/aromatic N) is 3. The Kier molecular flexibility index (Phi) is 9.56. The van der Waals surface area contributed by atoms with Crippen LogP contribution in [0.25, 0.3) is 0 Å². The number of benzene rings is 1. The van der Waals surface area contributed by atoms with Crippen LogP contribution in [0.3, 0.4) is 0 Å². The minimum Gasteiger partial charge on any atom is -0.444 e. The lowest BCUT2D eigenvalue weighted by Gasteiger charge is -2.33. The molecule has 2 N–H and O–H groups in total. The van der Waals surface area contributed by atoms with E-state index in [2.05, 4.69) is 48.0 Å². The van der Waals surface area contributed by atoms with Gasteiger partial charge in [0.25, 0.3) is 5.91 Å². The lowest BCUT2D eigenvalue weighted by Crippen LogP contribution is -2.45. The second-order valence-corrected chi connectivity index (χ2v) is 12.0. The molecule has 198 valence electrons. The van der Waals surface area contributed by atoms with Gasteiger partial charge in [-0.1, -0.05) is 46.1 Å². The molecular weight excluding hydrogens is 506 g/mol. The summed E-state index contributed by atoms with van der Waals surface area (Å²) in [5, 5.41) is 7.04. The van der Waals surface area contributed by atoms with Crippen LogP contribution in [0.5, 0.6) is 0 Å². The molecule has 1 atom stereocenters. The van der Waals surface area contributed by atoms with Gasteiger partial charge in [0.05, 0.1) is 22.4 Å². The molecule has 0 aliphatic carbocycles. The predicted octanol–water partition coefficient (Wildman–Crippen LogP) is 6.20. The summed E-state index contributed by atoms with van der Waals surface area (Å²) >= 11 is 3.25. The fraction of sp³-hybridized carbons (Fsp3) is 0.407. The van der Waals surface area contributed by atoms with Gasteiger partial charge >= 0.3 is 0 Å². The Labute approximate surface area is 227 Å². The first kappa shape index (κ1) is 28.5. The standard InChI is InChI=1S/C26H31N5O3S2.CH4/c1-5-21(32)29-18-10-8-17(9-11-18)24(33)31-12-6-7-19(15-31)30-25-28-14-23(36-25)35-16-22-27-13-20(34-22)26(2,3)4;/h5,8-11,13-14,19H,1,6-7,12,15-16H2,2-4H3,(H,28,30)(H,29,32);1H4/t19-;/m0./s1. The van der Waals surface area contributed by atoms with Crippen molar-refractivity contribution in [2.75, 3.05) is 23.7 Å². The monoisotopic (exact) mass is 541 g/mol. The number of nitrogens with one attached hydrogen (secondary N) is 2. The van der Waals surface area contributed by atoms with Gasteiger partial charge in [-0.3, -0.25) is 9.59 Å². The quantitative estimate of drug-likeness (QED) is 0.259. The molecule has 1 fully saturated rings. The third kappa shape index (κ3) is 7.69. The second-order valence-electron chi connectivity index (χ2n) is 9.65. The molecule has 1 saturated heterocycles. The SMILES string of the molecule is C.C=CC(=O)Nc1ccc(C(=O)N2CCC[C@H](Nc3ncc(SCc4ncc(C(C)(C)C)o4)s3)C2)cc1. The fourth-order valence-electron chi connectivity index (χ4n) is 3.78. The molecule has 1 aromatic carbocycles. The largest absolute Gasteiger partial charge is 0.444 e. The first-order chi connectivity index (χ1) is 17.2. The molecule has 1 aliphatic rings. The van der Waals surface area contributed by atoms with Crippen LogP contribution in [0.4, 0.5) is 10.8 Å². The number of aromatic nitrogens is 2. The number of carbonyl (C=O) groups is 2. The number of rotatable bonds is 8. The van der Waals surface area contributed by atoms with Gasteiger partial charge in [0.2, 0.25) is 11.8 Å². The molecule has 1 aliphatic heterocycles. The van der Waals surface area contributed by atoms with E-state index in [1.165, 1.54) is 6.08 Å². The van der Waals surface area contributed by atoms with Gasteiger partial charge < -0.3 is 20.0 Å². The summed E-state index contributed by atoms with van der Waals surface area (Å²) < 4.78 is 6.96. The minimum atomic E-state index is -0.282. The number of hydrogen-bond donors (Lipinski definition) is 2. The normalized spacial score (nSPS) is 15.5. The Morgan fingerprint density at radius 1 is 1.24 bits per heavy atom. The molecule has 0 unspecified atom stereocenters. The van der Waals surface area contributed by atoms with Gasteiger partial charge in [0, 0.05) is 35.8 Å². The van der Waals surface area contributed by atoms with E-state index in [1.54, 1.807) is 53.6 Å². The summed E-state index contributed by atoms with van der Waals surface area (Å²) in [7, 11) is 0. The molecule has 2 amide bonds. The Hall–Kier alpha value is -3.11. The third-order valence-corrected chi connectivity index (χ3v) is 7.84. The number of carbonyl (C=O) groups excluding carboxylic acids is 2. The van der Waals surface area contributed by atoms with Crippen molar-refractivity contribution < 1.29 is 14.0 Å². The Bertz CT molecular complexity index is 1210. The second kappa shape index (κ2) is 12.4. The highest BCUT2D eigenvalue weighted by molar-refractivity contribution is 8.00. The summed E-state index contributed by atoms with van der Waals surface area (Å²) in [5.41, 5.74) is 1.17. The van der Waals surface area contributed by atoms with Gasteiger partial charge in [0.1, 0.15) is 5.76 Å². The van der Waals surface area contributed by atoms with Crippen molar-refractivity contribution in [3.8, 4) is 0 Å². The van der Waals surface area contributed by atoms with Gasteiger partial charge in [-0.05, 0) is 43.2 Å². The molecule has 8 nitrogen and oxygen atoms in total. The number of thiazole rings is 1. The summed E-state index contributed by atoms with van der Waals surface area (Å²) in [6.07, 6.45) is 6.78. The molecule has 0 saturated carbocycles. The van der Waals surface area contributed by atoms with Crippen LogP contribution in [-0.4, -0.2) is 45.8 Å². The zero-order chi connectivity index (χ0) is 25.7. The van der Waals surface area contributed by atoms with Crippen molar-refractivity contribution in [2.45, 2.75) is 62.5 Å². The maximum atomic E-state index is 13.0. The van der Waals surface area contributed by atoms with Crippen LogP contribution in [0, 0.1) is 0 Å². The molecule has 0 bridgehead atoms. The Morgan fingerprint density at radius 2 is 2.00 bits per heavy atom. The molecule has 10 heteroatoms. The van der Waals surface area contributed by atoms with Gasteiger partial charge in [0.15, 0.2) is 5.13 Å². The van der Waals surface area contributed by atoms with E-state index in [0.717, 1.165) is 34.5 Å². The van der Waals surface area contributed by atoms with Crippen molar-refractivity contribution in [1.29, 1.82) is 0 Å². The molecular formula is C27H35N5O3S2. The number of likely N-dealkylation sites (tertiary alicyclic amines) is 1. The van der Waals surface area contributed by atoms with Crippen molar-refractivity contribution >= 4 is 45.7 Å². The lowest BCUT2D eigenvalue weighted by molar-refractivity contribution is -0.111. The van der Waals surface area contributed by atoms with Crippen LogP contribution in [0.2, 0.25) is 0 Å². The summed E-state index contributed by atoms with van der Waals surface area (Å²) in [5.74, 6) is 1.95. The van der Waals surface area contributed by atoms with Crippen LogP contribution in [-0.2, 0) is 16.0 Å². The van der Waals surface area contributed by atoms with Crippen LogP contribution < -0.4 is 10.6 Å². The minimum absolute atomic E-state index is 0. The zero-order valence-electron chi connectivity index (χ0n) is 20.7. The molecule has 2 aromatic heterocycles.